The van der Waals surface area contributed by atoms with Crippen LogP contribution in [0.5, 0.6) is 0 Å². The topological polar surface area (TPSA) is 9.23 Å². The highest BCUT2D eigenvalue weighted by molar-refractivity contribution is 6.69. The van der Waals surface area contributed by atoms with E-state index in [9.17, 15) is 0 Å². The summed E-state index contributed by atoms with van der Waals surface area (Å²) in [5, 5.41) is 0. The van der Waals surface area contributed by atoms with Gasteiger partial charge in [0.2, 0.25) is 0 Å². The van der Waals surface area contributed by atoms with E-state index >= 15 is 0 Å². The molecule has 0 aliphatic heterocycles. The van der Waals surface area contributed by atoms with E-state index in [-0.39, 0.29) is 5.60 Å². The number of hydrogen-bond donors (Lipinski definition) is 0. The molecule has 0 aromatic heterocycles. The molecule has 1 nitrogen and oxygen atoms in total. The first-order valence-corrected chi connectivity index (χ1v) is 12.5. The third-order valence-corrected chi connectivity index (χ3v) is 4.85. The molecule has 1 aromatic rings. The van der Waals surface area contributed by atoms with Crippen molar-refractivity contribution in [3.8, 4) is 11.8 Å². The van der Waals surface area contributed by atoms with Gasteiger partial charge >= 0.3 is 0 Å². The van der Waals surface area contributed by atoms with Crippen LogP contribution >= 0.6 is 0 Å². The fourth-order valence-electron chi connectivity index (χ4n) is 2.78. The van der Waals surface area contributed by atoms with Gasteiger partial charge < -0.3 is 4.43 Å². The largest absolute Gasteiger partial charge is 0.402 e. The van der Waals surface area contributed by atoms with Crippen molar-refractivity contribution in [2.75, 3.05) is 0 Å². The molecule has 0 spiro atoms. The van der Waals surface area contributed by atoms with Crippen molar-refractivity contribution in [3.05, 3.63) is 35.9 Å². The van der Waals surface area contributed by atoms with Crippen LogP contribution in [0.4, 0.5) is 0 Å². The lowest BCUT2D eigenvalue weighted by Gasteiger charge is -2.32. The van der Waals surface area contributed by atoms with Crippen molar-refractivity contribution in [1.82, 2.24) is 0 Å². The van der Waals surface area contributed by atoms with E-state index in [4.69, 9.17) is 4.43 Å². The summed E-state index contributed by atoms with van der Waals surface area (Å²) in [6.07, 6.45) is 8.88. The molecule has 0 radical (unpaired) electrons. The van der Waals surface area contributed by atoms with Gasteiger partial charge in [0.05, 0.1) is 0 Å². The van der Waals surface area contributed by atoms with Crippen molar-refractivity contribution in [1.29, 1.82) is 0 Å². The Kier molecular flexibility index (Phi) is 8.66. The Hall–Kier alpha value is -1.04. The second-order valence-corrected chi connectivity index (χ2v) is 12.0. The lowest BCUT2D eigenvalue weighted by atomic mass is 9.97. The maximum absolute atomic E-state index is 6.44. The predicted molar refractivity (Wildman–Crippen MR) is 104 cm³/mol. The van der Waals surface area contributed by atoms with Gasteiger partial charge in [-0.1, -0.05) is 69.1 Å². The molecule has 2 heteroatoms. The molecule has 1 atom stereocenters. The zero-order valence-electron chi connectivity index (χ0n) is 15.7. The predicted octanol–water partition coefficient (Wildman–Crippen LogP) is 6.40. The van der Waals surface area contributed by atoms with Crippen molar-refractivity contribution < 1.29 is 4.43 Å². The molecule has 0 saturated carbocycles. The third-order valence-electron chi connectivity index (χ3n) is 3.78. The Morgan fingerprint density at radius 1 is 0.957 bits per heavy atom. The van der Waals surface area contributed by atoms with Crippen LogP contribution in [-0.4, -0.2) is 13.9 Å². The molecule has 0 bridgehead atoms. The van der Waals surface area contributed by atoms with Gasteiger partial charge in [0.25, 0.3) is 0 Å². The summed E-state index contributed by atoms with van der Waals surface area (Å²) in [5.74, 6) is 6.75. The number of benzene rings is 1. The molecule has 0 heterocycles. The smallest absolute Gasteiger partial charge is 0.185 e. The van der Waals surface area contributed by atoms with E-state index in [2.05, 4.69) is 57.5 Å². The van der Waals surface area contributed by atoms with E-state index in [0.717, 1.165) is 12.0 Å². The highest BCUT2D eigenvalue weighted by atomic mass is 28.4. The molecule has 0 fully saturated rings. The van der Waals surface area contributed by atoms with Gasteiger partial charge in [0.1, 0.15) is 5.60 Å². The number of rotatable bonds is 9. The Morgan fingerprint density at radius 2 is 1.57 bits per heavy atom. The molecule has 1 aromatic carbocycles. The van der Waals surface area contributed by atoms with Gasteiger partial charge in [0, 0.05) is 5.56 Å². The summed E-state index contributed by atoms with van der Waals surface area (Å²) < 4.78 is 6.44. The van der Waals surface area contributed by atoms with E-state index in [1.807, 2.05) is 18.2 Å². The maximum Gasteiger partial charge on any atom is 0.185 e. The first kappa shape index (κ1) is 20.0. The summed E-state index contributed by atoms with van der Waals surface area (Å²) in [4.78, 5) is 0. The van der Waals surface area contributed by atoms with Crippen molar-refractivity contribution in [2.45, 2.75) is 84.0 Å². The molecule has 1 unspecified atom stereocenters. The first-order chi connectivity index (χ1) is 10.8. The van der Waals surface area contributed by atoms with Crippen LogP contribution < -0.4 is 0 Å². The van der Waals surface area contributed by atoms with Crippen LogP contribution in [0.25, 0.3) is 0 Å². The fourth-order valence-corrected chi connectivity index (χ4v) is 4.29. The maximum atomic E-state index is 6.44. The lowest BCUT2D eigenvalue weighted by molar-refractivity contribution is 0.129. The minimum Gasteiger partial charge on any atom is -0.402 e. The minimum absolute atomic E-state index is 0.314. The first-order valence-electron chi connectivity index (χ1n) is 9.13. The van der Waals surface area contributed by atoms with Crippen LogP contribution in [0, 0.1) is 11.8 Å². The van der Waals surface area contributed by atoms with Crippen molar-refractivity contribution >= 4 is 8.32 Å². The van der Waals surface area contributed by atoms with Gasteiger partial charge in [0.15, 0.2) is 8.32 Å². The molecule has 0 aliphatic rings. The quantitative estimate of drug-likeness (QED) is 0.289. The van der Waals surface area contributed by atoms with Gasteiger partial charge in [-0.3, -0.25) is 0 Å². The standard InChI is InChI=1S/C21H34OSi/c1-6-7-8-9-10-14-18-21(2,22-23(3,4)5)19-17-20-15-12-11-13-16-20/h11-13,15-16H,6-10,14,18H2,1-5H3. The summed E-state index contributed by atoms with van der Waals surface area (Å²) in [5.41, 5.74) is 0.756. The Balaban J connectivity index is 2.65. The van der Waals surface area contributed by atoms with Crippen LogP contribution in [0.2, 0.25) is 19.6 Å². The van der Waals surface area contributed by atoms with Crippen molar-refractivity contribution in [3.63, 3.8) is 0 Å². The summed E-state index contributed by atoms with van der Waals surface area (Å²) in [6.45, 7) is 11.2. The molecule has 0 amide bonds. The summed E-state index contributed by atoms with van der Waals surface area (Å²) in [6, 6.07) is 10.2. The molecule has 1 rings (SSSR count). The molecule has 0 aliphatic carbocycles. The Labute approximate surface area is 145 Å². The van der Waals surface area contributed by atoms with Gasteiger partial charge in [-0.2, -0.15) is 0 Å². The monoisotopic (exact) mass is 330 g/mol. The number of hydrogen-bond acceptors (Lipinski definition) is 1. The van der Waals surface area contributed by atoms with Crippen LogP contribution in [0.1, 0.15) is 64.4 Å². The fraction of sp³-hybridized carbons (Fsp3) is 0.619. The average Bonchev–Trinajstić information content (AvgIpc) is 2.48. The zero-order valence-corrected chi connectivity index (χ0v) is 16.7. The van der Waals surface area contributed by atoms with Crippen LogP contribution in [0.15, 0.2) is 30.3 Å². The SMILES string of the molecule is CCCCCCCCC(C)(C#Cc1ccccc1)O[Si](C)(C)C. The Bertz CT molecular complexity index is 492. The van der Waals surface area contributed by atoms with Crippen LogP contribution in [0.3, 0.4) is 0 Å². The highest BCUT2D eigenvalue weighted by Crippen LogP contribution is 2.24. The van der Waals surface area contributed by atoms with Crippen molar-refractivity contribution in [2.24, 2.45) is 0 Å². The summed E-state index contributed by atoms with van der Waals surface area (Å²) in [7, 11) is -1.61. The van der Waals surface area contributed by atoms with Gasteiger partial charge in [-0.15, -0.1) is 0 Å². The molecular formula is C21H34OSi. The zero-order chi connectivity index (χ0) is 17.2. The van der Waals surface area contributed by atoms with Crippen LogP contribution in [-0.2, 0) is 4.43 Å². The third kappa shape index (κ3) is 9.64. The Morgan fingerprint density at radius 3 is 2.17 bits per heavy atom. The second-order valence-electron chi connectivity index (χ2n) is 7.58. The second kappa shape index (κ2) is 9.95. The molecular weight excluding hydrogens is 296 g/mol. The lowest BCUT2D eigenvalue weighted by Crippen LogP contribution is -2.39. The van der Waals surface area contributed by atoms with E-state index in [1.165, 1.54) is 38.5 Å². The van der Waals surface area contributed by atoms with E-state index in [1.54, 1.807) is 0 Å². The summed E-state index contributed by atoms with van der Waals surface area (Å²) >= 11 is 0. The molecule has 0 N–H and O–H groups in total. The van der Waals surface area contributed by atoms with Gasteiger partial charge in [-0.25, -0.2) is 0 Å². The average molecular weight is 331 g/mol. The molecule has 23 heavy (non-hydrogen) atoms. The van der Waals surface area contributed by atoms with E-state index < -0.39 is 8.32 Å². The highest BCUT2D eigenvalue weighted by Gasteiger charge is 2.29. The molecule has 0 saturated heterocycles. The number of unbranched alkanes of at least 4 members (excludes halogenated alkanes) is 5. The van der Waals surface area contributed by atoms with Gasteiger partial charge in [-0.05, 0) is 51.5 Å². The normalized spacial score (nSPS) is 14.0. The molecule has 128 valence electrons. The van der Waals surface area contributed by atoms with E-state index in [0.29, 0.717) is 0 Å². The minimum atomic E-state index is -1.61.